The van der Waals surface area contributed by atoms with Gasteiger partial charge in [-0.2, -0.15) is 0 Å². The fourth-order valence-electron chi connectivity index (χ4n) is 4.72. The number of carbonyl (C=O) groups excluding carboxylic acids is 1. The van der Waals surface area contributed by atoms with Crippen molar-refractivity contribution in [2.45, 2.75) is 39.3 Å². The number of rotatable bonds is 6. The van der Waals surface area contributed by atoms with Gasteiger partial charge in [-0.15, -0.1) is 0 Å². The Kier molecular flexibility index (Phi) is 6.19. The van der Waals surface area contributed by atoms with Crippen molar-refractivity contribution in [1.29, 1.82) is 0 Å². The lowest BCUT2D eigenvalue weighted by molar-refractivity contribution is -0.126. The molecular weight excluding hydrogens is 358 g/mol. The van der Waals surface area contributed by atoms with Crippen LogP contribution < -0.4 is 10.2 Å². The van der Waals surface area contributed by atoms with Crippen LogP contribution in [0.4, 0.5) is 5.69 Å². The van der Waals surface area contributed by atoms with Crippen LogP contribution in [0.2, 0.25) is 0 Å². The first kappa shape index (κ1) is 20.0. The van der Waals surface area contributed by atoms with Crippen LogP contribution in [-0.2, 0) is 17.8 Å². The summed E-state index contributed by atoms with van der Waals surface area (Å²) in [7, 11) is 0. The van der Waals surface area contributed by atoms with Gasteiger partial charge in [0.2, 0.25) is 5.91 Å². The molecule has 0 bridgehead atoms. The minimum absolute atomic E-state index is 0.00985. The van der Waals surface area contributed by atoms with E-state index in [4.69, 9.17) is 0 Å². The number of hydrogen-bond acceptors (Lipinski definition) is 3. The van der Waals surface area contributed by atoms with E-state index in [0.29, 0.717) is 5.92 Å². The molecule has 0 radical (unpaired) electrons. The summed E-state index contributed by atoms with van der Waals surface area (Å²) in [5.74, 6) is 0.835. The number of nitrogens with zero attached hydrogens (tertiary/aromatic N) is 2. The average Bonchev–Trinajstić information content (AvgIpc) is 2.73. The number of para-hydroxylation sites is 1. The van der Waals surface area contributed by atoms with Crippen molar-refractivity contribution in [2.75, 3.05) is 31.1 Å². The molecule has 2 atom stereocenters. The van der Waals surface area contributed by atoms with Crippen molar-refractivity contribution in [3.05, 3.63) is 65.7 Å². The molecule has 0 saturated carbocycles. The summed E-state index contributed by atoms with van der Waals surface area (Å²) in [6.07, 6.45) is 1.87. The maximum atomic E-state index is 13.2. The fourth-order valence-corrected chi connectivity index (χ4v) is 4.72. The monoisotopic (exact) mass is 391 g/mol. The maximum Gasteiger partial charge on any atom is 0.225 e. The fraction of sp³-hybridized carbons (Fsp3) is 0.480. The molecule has 1 saturated heterocycles. The van der Waals surface area contributed by atoms with Gasteiger partial charge in [-0.1, -0.05) is 62.4 Å². The second kappa shape index (κ2) is 9.00. The molecular formula is C25H33N3O. The molecule has 4 rings (SSSR count). The van der Waals surface area contributed by atoms with Gasteiger partial charge in [0.15, 0.2) is 0 Å². The first-order valence-corrected chi connectivity index (χ1v) is 11.0. The summed E-state index contributed by atoms with van der Waals surface area (Å²) in [6.45, 7) is 9.07. The van der Waals surface area contributed by atoms with Gasteiger partial charge < -0.3 is 10.2 Å². The summed E-state index contributed by atoms with van der Waals surface area (Å²) >= 11 is 0. The summed E-state index contributed by atoms with van der Waals surface area (Å²) in [5, 5.41) is 3.23. The molecule has 154 valence electrons. The van der Waals surface area contributed by atoms with E-state index in [1.165, 1.54) is 16.8 Å². The lowest BCUT2D eigenvalue weighted by atomic mass is 9.83. The third kappa shape index (κ3) is 4.64. The minimum Gasteiger partial charge on any atom is -0.365 e. The SMILES string of the molecule is CC(C)CCNC(=O)[C@H]1Cc2ccccc2N2CCN(Cc3ccccc3)C[C@H]12. The Morgan fingerprint density at radius 1 is 1.07 bits per heavy atom. The number of amides is 1. The van der Waals surface area contributed by atoms with E-state index in [1.54, 1.807) is 0 Å². The lowest BCUT2D eigenvalue weighted by Crippen LogP contribution is -2.60. The molecule has 1 amide bonds. The minimum atomic E-state index is 0.00985. The number of fused-ring (bicyclic) bond motifs is 3. The van der Waals surface area contributed by atoms with E-state index < -0.39 is 0 Å². The summed E-state index contributed by atoms with van der Waals surface area (Å²) in [6, 6.07) is 19.5. The van der Waals surface area contributed by atoms with E-state index >= 15 is 0 Å². The van der Waals surface area contributed by atoms with E-state index in [-0.39, 0.29) is 17.9 Å². The Hall–Kier alpha value is -2.33. The highest BCUT2D eigenvalue weighted by Gasteiger charge is 2.41. The molecule has 4 nitrogen and oxygen atoms in total. The smallest absolute Gasteiger partial charge is 0.225 e. The number of nitrogens with one attached hydrogen (secondary N) is 1. The number of benzene rings is 2. The quantitative estimate of drug-likeness (QED) is 0.815. The number of hydrogen-bond donors (Lipinski definition) is 1. The van der Waals surface area contributed by atoms with E-state index in [9.17, 15) is 4.79 Å². The Morgan fingerprint density at radius 3 is 2.62 bits per heavy atom. The number of piperazine rings is 1. The molecule has 2 heterocycles. The van der Waals surface area contributed by atoms with Gasteiger partial charge in [-0.25, -0.2) is 0 Å². The zero-order chi connectivity index (χ0) is 20.2. The zero-order valence-corrected chi connectivity index (χ0v) is 17.7. The third-order valence-corrected chi connectivity index (χ3v) is 6.31. The molecule has 0 aliphatic carbocycles. The van der Waals surface area contributed by atoms with E-state index in [2.05, 4.69) is 83.6 Å². The van der Waals surface area contributed by atoms with Crippen LogP contribution in [0.15, 0.2) is 54.6 Å². The normalized spacial score (nSPS) is 21.6. The van der Waals surface area contributed by atoms with Crippen molar-refractivity contribution < 1.29 is 4.79 Å². The van der Waals surface area contributed by atoms with Crippen molar-refractivity contribution in [1.82, 2.24) is 10.2 Å². The maximum absolute atomic E-state index is 13.2. The molecule has 1 fully saturated rings. The molecule has 0 spiro atoms. The molecule has 0 unspecified atom stereocenters. The van der Waals surface area contributed by atoms with Crippen molar-refractivity contribution in [2.24, 2.45) is 11.8 Å². The number of anilines is 1. The van der Waals surface area contributed by atoms with Crippen molar-refractivity contribution in [3.63, 3.8) is 0 Å². The third-order valence-electron chi connectivity index (χ3n) is 6.31. The molecule has 2 aliphatic heterocycles. The lowest BCUT2D eigenvalue weighted by Gasteiger charge is -2.49. The van der Waals surface area contributed by atoms with Gasteiger partial charge >= 0.3 is 0 Å². The van der Waals surface area contributed by atoms with Gasteiger partial charge in [0, 0.05) is 38.4 Å². The largest absolute Gasteiger partial charge is 0.365 e. The average molecular weight is 392 g/mol. The summed E-state index contributed by atoms with van der Waals surface area (Å²) in [4.78, 5) is 18.2. The Morgan fingerprint density at radius 2 is 1.83 bits per heavy atom. The van der Waals surface area contributed by atoms with Crippen LogP contribution in [0.1, 0.15) is 31.4 Å². The predicted octanol–water partition coefficient (Wildman–Crippen LogP) is 3.71. The highest BCUT2D eigenvalue weighted by atomic mass is 16.1. The topological polar surface area (TPSA) is 35.6 Å². The van der Waals surface area contributed by atoms with Crippen LogP contribution >= 0.6 is 0 Å². The number of carbonyl (C=O) groups is 1. The van der Waals surface area contributed by atoms with Gasteiger partial charge in [0.1, 0.15) is 0 Å². The molecule has 4 heteroatoms. The van der Waals surface area contributed by atoms with Gasteiger partial charge in [0.25, 0.3) is 0 Å². The molecule has 2 aromatic rings. The predicted molar refractivity (Wildman–Crippen MR) is 119 cm³/mol. The zero-order valence-electron chi connectivity index (χ0n) is 17.7. The van der Waals surface area contributed by atoms with Crippen molar-refractivity contribution >= 4 is 11.6 Å². The Balaban J connectivity index is 1.51. The van der Waals surface area contributed by atoms with Crippen LogP contribution in [0.5, 0.6) is 0 Å². The summed E-state index contributed by atoms with van der Waals surface area (Å²) < 4.78 is 0. The second-order valence-electron chi connectivity index (χ2n) is 8.89. The molecule has 2 aromatic carbocycles. The Labute approximate surface area is 174 Å². The first-order valence-electron chi connectivity index (χ1n) is 11.0. The van der Waals surface area contributed by atoms with E-state index in [1.807, 2.05) is 0 Å². The summed E-state index contributed by atoms with van der Waals surface area (Å²) in [5.41, 5.74) is 3.97. The van der Waals surface area contributed by atoms with Gasteiger partial charge in [0.05, 0.1) is 12.0 Å². The molecule has 2 aliphatic rings. The highest BCUT2D eigenvalue weighted by molar-refractivity contribution is 5.82. The Bertz CT molecular complexity index is 820. The molecule has 1 N–H and O–H groups in total. The van der Waals surface area contributed by atoms with E-state index in [0.717, 1.165) is 45.6 Å². The van der Waals surface area contributed by atoms with Gasteiger partial charge in [-0.05, 0) is 36.0 Å². The standard InChI is InChI=1S/C25H33N3O/c1-19(2)12-13-26-25(29)22-16-21-10-6-7-11-23(21)28-15-14-27(18-24(22)28)17-20-8-4-3-5-9-20/h3-11,19,22,24H,12-18H2,1-2H3,(H,26,29)/t22-,24+/m0/s1. The van der Waals surface area contributed by atoms with Crippen LogP contribution in [-0.4, -0.2) is 43.0 Å². The molecule has 29 heavy (non-hydrogen) atoms. The highest BCUT2D eigenvalue weighted by Crippen LogP contribution is 2.36. The van der Waals surface area contributed by atoms with Crippen LogP contribution in [0.25, 0.3) is 0 Å². The van der Waals surface area contributed by atoms with Gasteiger partial charge in [-0.3, -0.25) is 9.69 Å². The molecule has 0 aromatic heterocycles. The van der Waals surface area contributed by atoms with Crippen LogP contribution in [0.3, 0.4) is 0 Å². The second-order valence-corrected chi connectivity index (χ2v) is 8.89. The van der Waals surface area contributed by atoms with Crippen LogP contribution in [0, 0.1) is 11.8 Å². The first-order chi connectivity index (χ1) is 14.1. The van der Waals surface area contributed by atoms with Crippen molar-refractivity contribution in [3.8, 4) is 0 Å².